The third kappa shape index (κ3) is 4.02. The average molecular weight is 367 g/mol. The van der Waals surface area contributed by atoms with Gasteiger partial charge in [0.25, 0.3) is 0 Å². The summed E-state index contributed by atoms with van der Waals surface area (Å²) in [4.78, 5) is 20.3. The maximum Gasteiger partial charge on any atom is 0.242 e. The Morgan fingerprint density at radius 2 is 2.08 bits per heavy atom. The number of amides is 1. The van der Waals surface area contributed by atoms with E-state index < -0.39 is 5.38 Å². The van der Waals surface area contributed by atoms with Gasteiger partial charge in [0.1, 0.15) is 29.4 Å². The van der Waals surface area contributed by atoms with Gasteiger partial charge in [0.2, 0.25) is 5.91 Å². The van der Waals surface area contributed by atoms with Crippen molar-refractivity contribution in [3.63, 3.8) is 0 Å². The molecule has 2 aromatic carbocycles. The Morgan fingerprint density at radius 1 is 1.23 bits per heavy atom. The molecule has 0 aliphatic rings. The first-order chi connectivity index (χ1) is 12.6. The lowest BCUT2D eigenvalue weighted by molar-refractivity contribution is -0.115. The highest BCUT2D eigenvalue weighted by atomic mass is 35.5. The predicted molar refractivity (Wildman–Crippen MR) is 103 cm³/mol. The van der Waals surface area contributed by atoms with Gasteiger partial charge in [-0.2, -0.15) is 0 Å². The number of hydrogen-bond acceptors (Lipinski definition) is 5. The molecule has 2 N–H and O–H groups in total. The minimum absolute atomic E-state index is 0.274. The monoisotopic (exact) mass is 366 g/mol. The lowest BCUT2D eigenvalue weighted by Crippen LogP contribution is -2.20. The minimum Gasteiger partial charge on any atom is -0.408 e. The molecule has 0 unspecified atom stereocenters. The summed E-state index contributed by atoms with van der Waals surface area (Å²) in [5.74, 6) is 0.899. The van der Waals surface area contributed by atoms with Gasteiger partial charge in [-0.25, -0.2) is 9.97 Å². The molecule has 0 aliphatic carbocycles. The maximum absolute atomic E-state index is 11.7. The van der Waals surface area contributed by atoms with Gasteiger partial charge in [0.15, 0.2) is 0 Å². The van der Waals surface area contributed by atoms with E-state index in [1.807, 2.05) is 18.2 Å². The first-order valence-electron chi connectivity index (χ1n) is 7.76. The lowest BCUT2D eigenvalue weighted by Gasteiger charge is -2.11. The predicted octanol–water partition coefficient (Wildman–Crippen LogP) is 3.91. The van der Waals surface area contributed by atoms with Gasteiger partial charge < -0.3 is 15.4 Å². The minimum atomic E-state index is -0.620. The van der Waals surface area contributed by atoms with Gasteiger partial charge in [0, 0.05) is 22.8 Å². The van der Waals surface area contributed by atoms with Crippen LogP contribution in [0.2, 0.25) is 0 Å². The Morgan fingerprint density at radius 3 is 2.85 bits per heavy atom. The second-order valence-electron chi connectivity index (χ2n) is 5.43. The molecule has 7 heteroatoms. The van der Waals surface area contributed by atoms with E-state index in [2.05, 4.69) is 26.7 Å². The number of benzene rings is 2. The number of aromatic nitrogens is 2. The van der Waals surface area contributed by atoms with Crippen molar-refractivity contribution in [2.24, 2.45) is 0 Å². The van der Waals surface area contributed by atoms with E-state index in [0.29, 0.717) is 22.8 Å². The van der Waals surface area contributed by atoms with Crippen molar-refractivity contribution >= 4 is 45.6 Å². The van der Waals surface area contributed by atoms with Crippen LogP contribution in [0, 0.1) is 12.5 Å². The van der Waals surface area contributed by atoms with Crippen LogP contribution in [0.25, 0.3) is 10.9 Å². The molecule has 0 aliphatic heterocycles. The van der Waals surface area contributed by atoms with Crippen molar-refractivity contribution in [2.45, 2.75) is 12.3 Å². The van der Waals surface area contributed by atoms with Crippen molar-refractivity contribution in [1.29, 1.82) is 0 Å². The highest BCUT2D eigenvalue weighted by Gasteiger charge is 2.11. The first kappa shape index (κ1) is 17.5. The molecule has 0 bridgehead atoms. The number of alkyl halides is 1. The summed E-state index contributed by atoms with van der Waals surface area (Å²) in [6.45, 7) is 1.61. The molecular formula is C19H15ClN4O2. The zero-order valence-electron chi connectivity index (χ0n) is 13.9. The summed E-state index contributed by atoms with van der Waals surface area (Å²) >= 11 is 5.78. The average Bonchev–Trinajstić information content (AvgIpc) is 2.62. The Hall–Kier alpha value is -3.30. The number of hydrogen-bond donors (Lipinski definition) is 2. The summed E-state index contributed by atoms with van der Waals surface area (Å²) < 4.78 is 5.05. The molecule has 3 rings (SSSR count). The molecule has 0 saturated carbocycles. The Kier molecular flexibility index (Phi) is 5.20. The Bertz CT molecular complexity index is 998. The summed E-state index contributed by atoms with van der Waals surface area (Å²) in [6, 6.07) is 12.6. The molecule has 1 atom stereocenters. The van der Waals surface area contributed by atoms with Crippen LogP contribution in [0.15, 0.2) is 48.8 Å². The van der Waals surface area contributed by atoms with E-state index in [1.165, 1.54) is 6.33 Å². The van der Waals surface area contributed by atoms with E-state index in [1.54, 1.807) is 31.2 Å². The molecule has 0 radical (unpaired) electrons. The number of terminal acetylenes is 1. The van der Waals surface area contributed by atoms with Crippen molar-refractivity contribution in [2.75, 3.05) is 10.6 Å². The summed E-state index contributed by atoms with van der Waals surface area (Å²) in [6.07, 6.45) is 8.74. The molecule has 0 saturated heterocycles. The van der Waals surface area contributed by atoms with Crippen LogP contribution in [0.3, 0.4) is 0 Å². The van der Waals surface area contributed by atoms with E-state index in [4.69, 9.17) is 22.8 Å². The van der Waals surface area contributed by atoms with E-state index in [9.17, 15) is 4.79 Å². The van der Waals surface area contributed by atoms with Crippen molar-refractivity contribution in [3.8, 4) is 18.3 Å². The van der Waals surface area contributed by atoms with Crippen LogP contribution in [0.1, 0.15) is 6.92 Å². The summed E-state index contributed by atoms with van der Waals surface area (Å²) in [5, 5.41) is 6.13. The van der Waals surface area contributed by atoms with E-state index >= 15 is 0 Å². The number of nitrogens with zero attached hydrogens (tertiary/aromatic N) is 2. The molecule has 26 heavy (non-hydrogen) atoms. The van der Waals surface area contributed by atoms with Crippen LogP contribution in [-0.4, -0.2) is 21.3 Å². The van der Waals surface area contributed by atoms with Gasteiger partial charge in [0.05, 0.1) is 5.52 Å². The van der Waals surface area contributed by atoms with E-state index in [0.717, 1.165) is 11.1 Å². The lowest BCUT2D eigenvalue weighted by atomic mass is 10.2. The third-order valence-electron chi connectivity index (χ3n) is 3.54. The van der Waals surface area contributed by atoms with Crippen LogP contribution < -0.4 is 15.4 Å². The molecule has 6 nitrogen and oxygen atoms in total. The molecule has 3 aromatic rings. The fourth-order valence-corrected chi connectivity index (χ4v) is 2.37. The standard InChI is InChI=1S/C19H15ClN4O2/c1-3-26-15-6-4-5-13(9-15)23-18-16-8-7-14(24-19(25)12(2)20)10-17(16)21-11-22-18/h1,4-12H,2H3,(H,24,25)(H,21,22,23)/t12-/m1/s1. The SMILES string of the molecule is C#COc1cccc(Nc2ncnc3cc(NC(=O)[C@@H](C)Cl)ccc23)c1. The first-order valence-corrected chi connectivity index (χ1v) is 8.19. The summed E-state index contributed by atoms with van der Waals surface area (Å²) in [5.41, 5.74) is 2.06. The Labute approximate surface area is 155 Å². The number of fused-ring (bicyclic) bond motifs is 1. The highest BCUT2D eigenvalue weighted by molar-refractivity contribution is 6.32. The van der Waals surface area contributed by atoms with Crippen LogP contribution >= 0.6 is 11.6 Å². The van der Waals surface area contributed by atoms with Crippen molar-refractivity contribution in [3.05, 3.63) is 48.8 Å². The second kappa shape index (κ2) is 7.72. The molecule has 1 aromatic heterocycles. The van der Waals surface area contributed by atoms with Gasteiger partial charge in [-0.3, -0.25) is 4.79 Å². The topological polar surface area (TPSA) is 76.1 Å². The molecule has 0 spiro atoms. The number of carbonyl (C=O) groups excluding carboxylic acids is 1. The van der Waals surface area contributed by atoms with Crippen molar-refractivity contribution in [1.82, 2.24) is 9.97 Å². The molecule has 0 fully saturated rings. The smallest absolute Gasteiger partial charge is 0.242 e. The number of carbonyl (C=O) groups is 1. The molecular weight excluding hydrogens is 352 g/mol. The molecule has 130 valence electrons. The maximum atomic E-state index is 11.7. The van der Waals surface area contributed by atoms with Gasteiger partial charge in [-0.15, -0.1) is 11.6 Å². The van der Waals surface area contributed by atoms with E-state index in [-0.39, 0.29) is 5.91 Å². The van der Waals surface area contributed by atoms with Gasteiger partial charge in [-0.05, 0) is 37.3 Å². The largest absolute Gasteiger partial charge is 0.408 e. The fourth-order valence-electron chi connectivity index (χ4n) is 2.32. The van der Waals surface area contributed by atoms with Gasteiger partial charge in [-0.1, -0.05) is 12.5 Å². The number of anilines is 3. The molecule has 1 heterocycles. The van der Waals surface area contributed by atoms with Crippen molar-refractivity contribution < 1.29 is 9.53 Å². The van der Waals surface area contributed by atoms with Crippen LogP contribution in [0.5, 0.6) is 5.75 Å². The van der Waals surface area contributed by atoms with Crippen LogP contribution in [0.4, 0.5) is 17.2 Å². The number of nitrogens with one attached hydrogen (secondary N) is 2. The number of rotatable bonds is 5. The molecule has 1 amide bonds. The zero-order valence-corrected chi connectivity index (χ0v) is 14.6. The normalized spacial score (nSPS) is 11.4. The summed E-state index contributed by atoms with van der Waals surface area (Å²) in [7, 11) is 0. The number of halogens is 1. The fraction of sp³-hybridized carbons (Fsp3) is 0.105. The Balaban J connectivity index is 1.89. The number of ether oxygens (including phenoxy) is 1. The van der Waals surface area contributed by atoms with Crippen LogP contribution in [-0.2, 0) is 4.79 Å². The second-order valence-corrected chi connectivity index (χ2v) is 6.09. The highest BCUT2D eigenvalue weighted by Crippen LogP contribution is 2.27. The quantitative estimate of drug-likeness (QED) is 0.529. The zero-order chi connectivity index (χ0) is 18.5. The van der Waals surface area contributed by atoms with Gasteiger partial charge >= 0.3 is 0 Å². The third-order valence-corrected chi connectivity index (χ3v) is 3.74.